The first-order chi connectivity index (χ1) is 14.4. The predicted octanol–water partition coefficient (Wildman–Crippen LogP) is 4.54. The van der Waals surface area contributed by atoms with E-state index in [4.69, 9.17) is 9.94 Å². The molecular formula is C24H28ClFN2O3. The molecule has 0 spiro atoms. The van der Waals surface area contributed by atoms with Gasteiger partial charge in [-0.3, -0.25) is 4.90 Å². The molecule has 31 heavy (non-hydrogen) atoms. The summed E-state index contributed by atoms with van der Waals surface area (Å²) < 4.78 is 13.5. The van der Waals surface area contributed by atoms with E-state index in [0.29, 0.717) is 31.7 Å². The molecule has 3 rings (SSSR count). The van der Waals surface area contributed by atoms with Gasteiger partial charge in [-0.05, 0) is 49.1 Å². The standard InChI is InChI=1S/C24H27FN2O3.ClH/c1-17-6-3-4-8-22(17)23(15-19-9-10-21(25)14-18(19)2)26-30-13-12-27-11-5-7-20(16-27)24(28)29;/h3-4,6-10,14H,5,11-13,15-16H2,1-2H3,(H,28,29);1H. The van der Waals surface area contributed by atoms with E-state index in [1.54, 1.807) is 12.1 Å². The molecule has 0 atom stereocenters. The Bertz CT molecular complexity index is 975. The van der Waals surface area contributed by atoms with E-state index in [1.807, 2.05) is 38.1 Å². The number of aliphatic carboxylic acids is 1. The van der Waals surface area contributed by atoms with Crippen molar-refractivity contribution >= 4 is 24.1 Å². The van der Waals surface area contributed by atoms with Gasteiger partial charge in [0.2, 0.25) is 0 Å². The summed E-state index contributed by atoms with van der Waals surface area (Å²) in [6.07, 6.45) is 3.04. The zero-order valence-electron chi connectivity index (χ0n) is 17.8. The van der Waals surface area contributed by atoms with Gasteiger partial charge in [-0.1, -0.05) is 41.6 Å². The molecule has 1 N–H and O–H groups in total. The predicted molar refractivity (Wildman–Crippen MR) is 123 cm³/mol. The summed E-state index contributed by atoms with van der Waals surface area (Å²) in [5, 5.41) is 13.6. The van der Waals surface area contributed by atoms with E-state index in [2.05, 4.69) is 10.1 Å². The van der Waals surface area contributed by atoms with Crippen LogP contribution in [0.15, 0.2) is 59.3 Å². The molecule has 0 saturated carbocycles. The van der Waals surface area contributed by atoms with Crippen molar-refractivity contribution in [2.24, 2.45) is 5.16 Å². The third-order valence-corrected chi connectivity index (χ3v) is 5.30. The average Bonchev–Trinajstić information content (AvgIpc) is 2.72. The van der Waals surface area contributed by atoms with Crippen LogP contribution in [0.5, 0.6) is 0 Å². The van der Waals surface area contributed by atoms with Crippen LogP contribution in [-0.2, 0) is 16.1 Å². The number of hydrogen-bond donors (Lipinski definition) is 1. The van der Waals surface area contributed by atoms with Gasteiger partial charge in [-0.2, -0.15) is 0 Å². The Balaban J connectivity index is 0.00000341. The van der Waals surface area contributed by atoms with Crippen LogP contribution in [0.1, 0.15) is 28.7 Å². The number of carboxylic acid groups (broad SMARTS) is 1. The van der Waals surface area contributed by atoms with Crippen LogP contribution >= 0.6 is 12.4 Å². The molecule has 5 nitrogen and oxygen atoms in total. The van der Waals surface area contributed by atoms with E-state index in [0.717, 1.165) is 40.9 Å². The van der Waals surface area contributed by atoms with Crippen LogP contribution in [-0.4, -0.2) is 47.9 Å². The van der Waals surface area contributed by atoms with Gasteiger partial charge in [0.05, 0.1) is 5.71 Å². The lowest BCUT2D eigenvalue weighted by molar-refractivity contribution is -0.133. The van der Waals surface area contributed by atoms with Crippen LogP contribution < -0.4 is 0 Å². The van der Waals surface area contributed by atoms with Gasteiger partial charge in [-0.15, -0.1) is 12.4 Å². The second-order valence-corrected chi connectivity index (χ2v) is 7.53. The van der Waals surface area contributed by atoms with Gasteiger partial charge >= 0.3 is 5.97 Å². The molecule has 1 aliphatic rings. The number of carboxylic acids is 1. The van der Waals surface area contributed by atoms with E-state index >= 15 is 0 Å². The summed E-state index contributed by atoms with van der Waals surface area (Å²) >= 11 is 0. The smallest absolute Gasteiger partial charge is 0.332 e. The molecule has 0 radical (unpaired) electrons. The number of carbonyl (C=O) groups is 1. The molecule has 1 aliphatic heterocycles. The fourth-order valence-corrected chi connectivity index (χ4v) is 3.56. The fourth-order valence-electron chi connectivity index (χ4n) is 3.56. The maximum atomic E-state index is 13.5. The quantitative estimate of drug-likeness (QED) is 0.367. The number of hydrogen-bond acceptors (Lipinski definition) is 4. The second kappa shape index (κ2) is 11.6. The first kappa shape index (κ1) is 24.6. The summed E-state index contributed by atoms with van der Waals surface area (Å²) in [6.45, 7) is 6.11. The minimum Gasteiger partial charge on any atom is -0.478 e. The largest absolute Gasteiger partial charge is 0.478 e. The Morgan fingerprint density at radius 2 is 1.97 bits per heavy atom. The van der Waals surface area contributed by atoms with Crippen molar-refractivity contribution in [3.8, 4) is 0 Å². The monoisotopic (exact) mass is 446 g/mol. The van der Waals surface area contributed by atoms with Gasteiger partial charge in [-0.25, -0.2) is 9.18 Å². The summed E-state index contributed by atoms with van der Waals surface area (Å²) in [6, 6.07) is 12.7. The molecule has 0 amide bonds. The number of halogens is 2. The van der Waals surface area contributed by atoms with Gasteiger partial charge in [0.15, 0.2) is 0 Å². The van der Waals surface area contributed by atoms with Gasteiger partial charge < -0.3 is 9.94 Å². The summed E-state index contributed by atoms with van der Waals surface area (Å²) in [4.78, 5) is 18.9. The topological polar surface area (TPSA) is 62.1 Å². The van der Waals surface area contributed by atoms with Crippen LogP contribution in [0.3, 0.4) is 0 Å². The molecule has 1 heterocycles. The average molecular weight is 447 g/mol. The van der Waals surface area contributed by atoms with Crippen molar-refractivity contribution < 1.29 is 19.1 Å². The van der Waals surface area contributed by atoms with Crippen molar-refractivity contribution in [2.75, 3.05) is 26.2 Å². The number of oxime groups is 1. The minimum atomic E-state index is -0.866. The van der Waals surface area contributed by atoms with Crippen molar-refractivity contribution in [1.82, 2.24) is 4.90 Å². The summed E-state index contributed by atoms with van der Waals surface area (Å²) in [5.74, 6) is -1.12. The van der Waals surface area contributed by atoms with Crippen LogP contribution in [0.4, 0.5) is 4.39 Å². The molecule has 7 heteroatoms. The van der Waals surface area contributed by atoms with Crippen molar-refractivity contribution in [1.29, 1.82) is 0 Å². The van der Waals surface area contributed by atoms with Gasteiger partial charge in [0.25, 0.3) is 0 Å². The van der Waals surface area contributed by atoms with Crippen molar-refractivity contribution in [3.05, 3.63) is 82.2 Å². The molecule has 0 unspecified atom stereocenters. The second-order valence-electron chi connectivity index (χ2n) is 7.53. The van der Waals surface area contributed by atoms with E-state index in [9.17, 15) is 9.18 Å². The Morgan fingerprint density at radius 1 is 1.19 bits per heavy atom. The van der Waals surface area contributed by atoms with Gasteiger partial charge in [0.1, 0.15) is 12.4 Å². The maximum absolute atomic E-state index is 13.5. The molecule has 0 aliphatic carbocycles. The lowest BCUT2D eigenvalue weighted by atomic mass is 9.96. The maximum Gasteiger partial charge on any atom is 0.332 e. The molecule has 2 aromatic rings. The highest BCUT2D eigenvalue weighted by molar-refractivity contribution is 6.02. The minimum absolute atomic E-state index is 0. The van der Waals surface area contributed by atoms with Crippen LogP contribution in [0, 0.1) is 19.7 Å². The zero-order valence-corrected chi connectivity index (χ0v) is 18.6. The highest BCUT2D eigenvalue weighted by atomic mass is 35.5. The highest BCUT2D eigenvalue weighted by Crippen LogP contribution is 2.17. The normalized spacial score (nSPS) is 14.5. The van der Waals surface area contributed by atoms with Crippen molar-refractivity contribution in [3.63, 3.8) is 0 Å². The third kappa shape index (κ3) is 6.91. The number of benzene rings is 2. The summed E-state index contributed by atoms with van der Waals surface area (Å²) in [7, 11) is 0. The first-order valence-electron chi connectivity index (χ1n) is 10.1. The third-order valence-electron chi connectivity index (χ3n) is 5.30. The fraction of sp³-hybridized carbons (Fsp3) is 0.333. The SMILES string of the molecule is Cc1cc(F)ccc1CC(=NOCCN1CCC=C(C(=O)O)C1)c1ccccc1C.Cl. The lowest BCUT2D eigenvalue weighted by Crippen LogP contribution is -2.34. The molecule has 166 valence electrons. The molecule has 0 aromatic heterocycles. The van der Waals surface area contributed by atoms with Crippen molar-refractivity contribution in [2.45, 2.75) is 26.7 Å². The number of nitrogens with zero attached hydrogens (tertiary/aromatic N) is 2. The van der Waals surface area contributed by atoms with E-state index < -0.39 is 5.97 Å². The van der Waals surface area contributed by atoms with Crippen LogP contribution in [0.2, 0.25) is 0 Å². The molecular weight excluding hydrogens is 419 g/mol. The molecule has 0 fully saturated rings. The first-order valence-corrected chi connectivity index (χ1v) is 10.1. The number of rotatable bonds is 8. The Hall–Kier alpha value is -2.70. The van der Waals surface area contributed by atoms with Crippen LogP contribution in [0.25, 0.3) is 0 Å². The Kier molecular flexibility index (Phi) is 9.21. The molecule has 0 saturated heterocycles. The van der Waals surface area contributed by atoms with E-state index in [1.165, 1.54) is 12.1 Å². The Labute approximate surface area is 188 Å². The molecule has 2 aromatic carbocycles. The highest BCUT2D eigenvalue weighted by Gasteiger charge is 2.17. The number of aryl methyl sites for hydroxylation is 2. The van der Waals surface area contributed by atoms with Gasteiger partial charge in [0, 0.05) is 37.2 Å². The summed E-state index contributed by atoms with van der Waals surface area (Å²) in [5.41, 5.74) is 5.17. The molecule has 0 bridgehead atoms. The lowest BCUT2D eigenvalue weighted by Gasteiger charge is -2.24. The Morgan fingerprint density at radius 3 is 2.68 bits per heavy atom. The zero-order chi connectivity index (χ0) is 21.5. The van der Waals surface area contributed by atoms with E-state index in [-0.39, 0.29) is 18.2 Å².